The fraction of sp³-hybridized carbons (Fsp3) is 0.538. The maximum absolute atomic E-state index is 5.83. The lowest BCUT2D eigenvalue weighted by atomic mass is 10.3. The first-order chi connectivity index (χ1) is 9.78. The van der Waals surface area contributed by atoms with E-state index in [9.17, 15) is 0 Å². The highest BCUT2D eigenvalue weighted by molar-refractivity contribution is 5.40. The summed E-state index contributed by atoms with van der Waals surface area (Å²) < 4.78 is 1.74. The van der Waals surface area contributed by atoms with Gasteiger partial charge in [-0.15, -0.1) is 0 Å². The highest BCUT2D eigenvalue weighted by atomic mass is 15.3. The van der Waals surface area contributed by atoms with Crippen LogP contribution < -0.4 is 10.6 Å². The Morgan fingerprint density at radius 3 is 2.85 bits per heavy atom. The Morgan fingerprint density at radius 1 is 1.35 bits per heavy atom. The predicted octanol–water partition coefficient (Wildman–Crippen LogP) is 1.41. The number of unbranched alkanes of at least 4 members (excludes halogenated alkanes) is 1. The van der Waals surface area contributed by atoms with Crippen molar-refractivity contribution in [2.75, 3.05) is 17.2 Å². The molecule has 1 fully saturated rings. The van der Waals surface area contributed by atoms with E-state index in [1.165, 1.54) is 12.8 Å². The molecule has 0 radical (unpaired) electrons. The van der Waals surface area contributed by atoms with Crippen molar-refractivity contribution in [2.24, 2.45) is 0 Å². The van der Waals surface area contributed by atoms with Crippen molar-refractivity contribution in [3.63, 3.8) is 0 Å². The van der Waals surface area contributed by atoms with Crippen LogP contribution in [-0.2, 0) is 0 Å². The lowest BCUT2D eigenvalue weighted by Crippen LogP contribution is -2.29. The first-order valence-electron chi connectivity index (χ1n) is 7.04. The van der Waals surface area contributed by atoms with Gasteiger partial charge in [0, 0.05) is 25.0 Å². The second-order valence-corrected chi connectivity index (χ2v) is 5.04. The van der Waals surface area contributed by atoms with E-state index in [2.05, 4.69) is 31.8 Å². The van der Waals surface area contributed by atoms with Crippen LogP contribution in [0.2, 0.25) is 0 Å². The van der Waals surface area contributed by atoms with Crippen LogP contribution in [0.25, 0.3) is 5.95 Å². The topological polar surface area (TPSA) is 85.8 Å². The van der Waals surface area contributed by atoms with E-state index in [4.69, 9.17) is 5.73 Å². The summed E-state index contributed by atoms with van der Waals surface area (Å²) in [6, 6.07) is 0.555. The fourth-order valence-electron chi connectivity index (χ4n) is 2.15. The third kappa shape index (κ3) is 2.71. The zero-order valence-corrected chi connectivity index (χ0v) is 11.6. The Kier molecular flexibility index (Phi) is 3.49. The average molecular weight is 273 g/mol. The molecule has 2 N–H and O–H groups in total. The summed E-state index contributed by atoms with van der Waals surface area (Å²) in [5.74, 6) is 1.45. The van der Waals surface area contributed by atoms with Gasteiger partial charge in [-0.2, -0.15) is 15.0 Å². The van der Waals surface area contributed by atoms with Crippen LogP contribution in [0.5, 0.6) is 0 Å². The van der Waals surface area contributed by atoms with E-state index >= 15 is 0 Å². The predicted molar refractivity (Wildman–Crippen MR) is 76.6 cm³/mol. The molecule has 7 heteroatoms. The molecule has 0 aromatic carbocycles. The van der Waals surface area contributed by atoms with Gasteiger partial charge in [-0.1, -0.05) is 13.3 Å². The third-order valence-corrected chi connectivity index (χ3v) is 3.36. The minimum absolute atomic E-state index is 0.251. The van der Waals surface area contributed by atoms with Gasteiger partial charge in [-0.05, 0) is 19.3 Å². The Bertz CT molecular complexity index is 562. The van der Waals surface area contributed by atoms with Gasteiger partial charge >= 0.3 is 0 Å². The highest BCUT2D eigenvalue weighted by Gasteiger charge is 2.31. The van der Waals surface area contributed by atoms with Gasteiger partial charge in [0.25, 0.3) is 0 Å². The fourth-order valence-corrected chi connectivity index (χ4v) is 2.15. The first kappa shape index (κ1) is 12.8. The Balaban J connectivity index is 1.91. The first-order valence-corrected chi connectivity index (χ1v) is 7.04. The lowest BCUT2D eigenvalue weighted by Gasteiger charge is -2.22. The molecule has 0 amide bonds. The van der Waals surface area contributed by atoms with E-state index in [0.717, 1.165) is 19.4 Å². The highest BCUT2D eigenvalue weighted by Crippen LogP contribution is 2.30. The van der Waals surface area contributed by atoms with Crippen LogP contribution in [0.1, 0.15) is 32.6 Å². The largest absolute Gasteiger partial charge is 0.368 e. The third-order valence-electron chi connectivity index (χ3n) is 3.36. The Morgan fingerprint density at radius 2 is 2.20 bits per heavy atom. The minimum atomic E-state index is 0.251. The number of nitrogens with zero attached hydrogens (tertiary/aromatic N) is 6. The van der Waals surface area contributed by atoms with Crippen LogP contribution >= 0.6 is 0 Å². The number of hydrogen-bond acceptors (Lipinski definition) is 6. The molecule has 0 aliphatic heterocycles. The van der Waals surface area contributed by atoms with Crippen LogP contribution in [0.15, 0.2) is 18.7 Å². The van der Waals surface area contributed by atoms with Crippen molar-refractivity contribution in [2.45, 2.75) is 38.6 Å². The SMILES string of the molecule is CCCCN(c1nc(N)nc(-n2ccnc2)n1)C1CC1. The van der Waals surface area contributed by atoms with E-state index in [0.29, 0.717) is 17.9 Å². The zero-order chi connectivity index (χ0) is 13.9. The van der Waals surface area contributed by atoms with Crippen molar-refractivity contribution in [1.29, 1.82) is 0 Å². The van der Waals surface area contributed by atoms with E-state index < -0.39 is 0 Å². The number of hydrogen-bond donors (Lipinski definition) is 1. The van der Waals surface area contributed by atoms with E-state index in [1.807, 2.05) is 0 Å². The van der Waals surface area contributed by atoms with Crippen LogP contribution in [0, 0.1) is 0 Å². The summed E-state index contributed by atoms with van der Waals surface area (Å²) in [5, 5.41) is 0. The van der Waals surface area contributed by atoms with Gasteiger partial charge < -0.3 is 10.6 Å². The van der Waals surface area contributed by atoms with Gasteiger partial charge in [0.15, 0.2) is 0 Å². The summed E-state index contributed by atoms with van der Waals surface area (Å²) in [6.45, 7) is 3.15. The Labute approximate surface area is 117 Å². The molecule has 7 nitrogen and oxygen atoms in total. The molecule has 106 valence electrons. The molecular weight excluding hydrogens is 254 g/mol. The standard InChI is InChI=1S/C13H19N7/c1-2-3-7-20(10-4-5-10)13-17-11(14)16-12(18-13)19-8-6-15-9-19/h6,8-10H,2-5,7H2,1H3,(H2,14,16,17,18). The summed E-state index contributed by atoms with van der Waals surface area (Å²) in [6.07, 6.45) is 9.83. The van der Waals surface area contributed by atoms with Crippen molar-refractivity contribution in [1.82, 2.24) is 24.5 Å². The molecule has 0 bridgehead atoms. The maximum atomic E-state index is 5.83. The lowest BCUT2D eigenvalue weighted by molar-refractivity contribution is 0.689. The van der Waals surface area contributed by atoms with Gasteiger partial charge in [0.2, 0.25) is 17.8 Å². The molecule has 20 heavy (non-hydrogen) atoms. The van der Waals surface area contributed by atoms with Gasteiger partial charge in [-0.25, -0.2) is 4.98 Å². The average Bonchev–Trinajstić information content (AvgIpc) is 3.12. The zero-order valence-electron chi connectivity index (χ0n) is 11.6. The van der Waals surface area contributed by atoms with E-state index in [-0.39, 0.29) is 5.95 Å². The summed E-state index contributed by atoms with van der Waals surface area (Å²) in [7, 11) is 0. The Hall–Kier alpha value is -2.18. The molecule has 1 aliphatic carbocycles. The van der Waals surface area contributed by atoms with Crippen LogP contribution in [-0.4, -0.2) is 37.1 Å². The van der Waals surface area contributed by atoms with Gasteiger partial charge in [0.05, 0.1) is 0 Å². The smallest absolute Gasteiger partial charge is 0.241 e. The molecule has 0 unspecified atom stereocenters. The van der Waals surface area contributed by atoms with Gasteiger partial charge in [0.1, 0.15) is 6.33 Å². The molecule has 2 heterocycles. The normalized spacial score (nSPS) is 14.4. The number of aromatic nitrogens is 5. The molecule has 0 spiro atoms. The quantitative estimate of drug-likeness (QED) is 0.856. The molecule has 1 saturated carbocycles. The number of nitrogens with two attached hydrogens (primary N) is 1. The molecule has 0 saturated heterocycles. The molecule has 0 atom stereocenters. The number of anilines is 2. The maximum Gasteiger partial charge on any atom is 0.241 e. The summed E-state index contributed by atoms with van der Waals surface area (Å²) >= 11 is 0. The van der Waals surface area contributed by atoms with Crippen molar-refractivity contribution in [3.05, 3.63) is 18.7 Å². The van der Waals surface area contributed by atoms with Crippen molar-refractivity contribution in [3.8, 4) is 5.95 Å². The van der Waals surface area contributed by atoms with Crippen LogP contribution in [0.3, 0.4) is 0 Å². The molecule has 2 aromatic rings. The molecular formula is C13H19N7. The molecule has 3 rings (SSSR count). The number of imidazole rings is 1. The van der Waals surface area contributed by atoms with E-state index in [1.54, 1.807) is 23.3 Å². The molecule has 2 aromatic heterocycles. The van der Waals surface area contributed by atoms with Crippen molar-refractivity contribution < 1.29 is 0 Å². The second-order valence-electron chi connectivity index (χ2n) is 5.04. The van der Waals surface area contributed by atoms with Crippen molar-refractivity contribution >= 4 is 11.9 Å². The number of rotatable bonds is 6. The monoisotopic (exact) mass is 273 g/mol. The summed E-state index contributed by atoms with van der Waals surface area (Å²) in [5.41, 5.74) is 5.83. The minimum Gasteiger partial charge on any atom is -0.368 e. The molecule has 1 aliphatic rings. The van der Waals surface area contributed by atoms with Gasteiger partial charge in [-0.3, -0.25) is 4.57 Å². The van der Waals surface area contributed by atoms with Crippen LogP contribution in [0.4, 0.5) is 11.9 Å². The second kappa shape index (κ2) is 5.44. The summed E-state index contributed by atoms with van der Waals surface area (Å²) in [4.78, 5) is 19.3. The number of nitrogen functional groups attached to an aromatic ring is 1.